The number of carbonyl (C=O) groups excluding carboxylic acids is 1. The van der Waals surface area contributed by atoms with Crippen molar-refractivity contribution in [2.75, 3.05) is 13.7 Å². The van der Waals surface area contributed by atoms with E-state index < -0.39 is 5.91 Å². The van der Waals surface area contributed by atoms with Crippen LogP contribution in [0.1, 0.15) is 12.5 Å². The van der Waals surface area contributed by atoms with Crippen LogP contribution in [0.2, 0.25) is 0 Å². The Bertz CT molecular complexity index is 391. The van der Waals surface area contributed by atoms with Gasteiger partial charge in [0.2, 0.25) is 0 Å². The number of hydrogen-bond acceptors (Lipinski definition) is 4. The molecule has 0 aliphatic carbocycles. The average Bonchev–Trinajstić information content (AvgIpc) is 2.27. The monoisotopic (exact) mass is 238 g/mol. The first-order valence-corrected chi connectivity index (χ1v) is 5.36. The lowest BCUT2D eigenvalue weighted by atomic mass is 10.1. The van der Waals surface area contributed by atoms with Gasteiger partial charge in [0, 0.05) is 12.1 Å². The summed E-state index contributed by atoms with van der Waals surface area (Å²) in [7, 11) is 1.57. The van der Waals surface area contributed by atoms with Crippen molar-refractivity contribution in [2.24, 2.45) is 11.5 Å². The van der Waals surface area contributed by atoms with Crippen LogP contribution in [0, 0.1) is 0 Å². The molecule has 0 aliphatic rings. The van der Waals surface area contributed by atoms with Gasteiger partial charge in [0.05, 0.1) is 7.11 Å². The highest BCUT2D eigenvalue weighted by atomic mass is 16.5. The molecule has 0 saturated carbocycles. The van der Waals surface area contributed by atoms with Crippen LogP contribution in [-0.4, -0.2) is 25.7 Å². The number of hydrogen-bond donors (Lipinski definition) is 2. The van der Waals surface area contributed by atoms with Crippen LogP contribution in [0.5, 0.6) is 11.5 Å². The zero-order chi connectivity index (χ0) is 12.8. The normalized spacial score (nSPS) is 11.9. The lowest BCUT2D eigenvalue weighted by Gasteiger charge is -2.13. The first-order chi connectivity index (χ1) is 8.02. The third-order valence-electron chi connectivity index (χ3n) is 2.19. The van der Waals surface area contributed by atoms with Gasteiger partial charge < -0.3 is 20.9 Å². The molecule has 1 unspecified atom stereocenters. The second kappa shape index (κ2) is 6.10. The Morgan fingerprint density at radius 2 is 2.18 bits per heavy atom. The smallest absolute Gasteiger partial charge is 0.255 e. The van der Waals surface area contributed by atoms with Crippen LogP contribution >= 0.6 is 0 Å². The van der Waals surface area contributed by atoms with E-state index >= 15 is 0 Å². The number of methoxy groups -OCH3 is 1. The Labute approximate surface area is 101 Å². The molecule has 0 bridgehead atoms. The molecule has 0 aromatic heterocycles. The van der Waals surface area contributed by atoms with Crippen LogP contribution in [0.4, 0.5) is 0 Å². The highest BCUT2D eigenvalue weighted by Crippen LogP contribution is 2.25. The van der Waals surface area contributed by atoms with Gasteiger partial charge >= 0.3 is 0 Å². The lowest BCUT2D eigenvalue weighted by molar-refractivity contribution is -0.119. The minimum Gasteiger partial charge on any atom is -0.497 e. The minimum absolute atomic E-state index is 0.0133. The Kier molecular flexibility index (Phi) is 4.78. The molecule has 1 atom stereocenters. The van der Waals surface area contributed by atoms with E-state index in [4.69, 9.17) is 20.9 Å². The summed E-state index contributed by atoms with van der Waals surface area (Å²) in [6.45, 7) is 1.75. The van der Waals surface area contributed by atoms with Crippen LogP contribution in [0.25, 0.3) is 0 Å². The molecule has 17 heavy (non-hydrogen) atoms. The fraction of sp³-hybridized carbons (Fsp3) is 0.417. The highest BCUT2D eigenvalue weighted by Gasteiger charge is 2.09. The van der Waals surface area contributed by atoms with Crippen LogP contribution in [0.15, 0.2) is 18.2 Å². The molecule has 0 aliphatic heterocycles. The fourth-order valence-electron chi connectivity index (χ4n) is 1.46. The summed E-state index contributed by atoms with van der Waals surface area (Å²) in [5.41, 5.74) is 11.7. The van der Waals surface area contributed by atoms with Gasteiger partial charge in [-0.2, -0.15) is 0 Å². The van der Waals surface area contributed by atoms with E-state index in [1.54, 1.807) is 13.2 Å². The first kappa shape index (κ1) is 13.3. The second-order valence-corrected chi connectivity index (χ2v) is 3.91. The van der Waals surface area contributed by atoms with Crippen molar-refractivity contribution < 1.29 is 14.3 Å². The molecule has 0 heterocycles. The molecule has 0 radical (unpaired) electrons. The maximum atomic E-state index is 10.7. The molecular weight excluding hydrogens is 220 g/mol. The molecule has 5 nitrogen and oxygen atoms in total. The zero-order valence-corrected chi connectivity index (χ0v) is 10.1. The van der Waals surface area contributed by atoms with Crippen LogP contribution < -0.4 is 20.9 Å². The summed E-state index contributed by atoms with van der Waals surface area (Å²) in [5.74, 6) is 0.734. The van der Waals surface area contributed by atoms with E-state index in [1.807, 2.05) is 19.1 Å². The Balaban J connectivity index is 2.90. The van der Waals surface area contributed by atoms with Crippen molar-refractivity contribution in [3.63, 3.8) is 0 Å². The van der Waals surface area contributed by atoms with E-state index in [0.717, 1.165) is 5.56 Å². The number of primary amides is 1. The standard InChI is InChI=1S/C12H18N2O3/c1-8(13)5-9-3-4-10(16-2)6-11(9)17-7-12(14)15/h3-4,6,8H,5,7,13H2,1-2H3,(H2,14,15). The van der Waals surface area contributed by atoms with Gasteiger partial charge in [0.1, 0.15) is 11.5 Å². The zero-order valence-electron chi connectivity index (χ0n) is 10.1. The van der Waals surface area contributed by atoms with E-state index in [-0.39, 0.29) is 12.6 Å². The van der Waals surface area contributed by atoms with Crippen molar-refractivity contribution in [1.29, 1.82) is 0 Å². The number of rotatable bonds is 6. The molecule has 4 N–H and O–H groups in total. The summed E-state index contributed by atoms with van der Waals surface area (Å²) in [6.07, 6.45) is 0.665. The van der Waals surface area contributed by atoms with Gasteiger partial charge in [-0.1, -0.05) is 6.07 Å². The highest BCUT2D eigenvalue weighted by molar-refractivity contribution is 5.75. The molecule has 1 amide bonds. The van der Waals surface area contributed by atoms with Gasteiger partial charge in [0.15, 0.2) is 6.61 Å². The van der Waals surface area contributed by atoms with Gasteiger partial charge in [-0.3, -0.25) is 4.79 Å². The predicted octanol–water partition coefficient (Wildman–Crippen LogP) is 0.449. The van der Waals surface area contributed by atoms with Crippen LogP contribution in [-0.2, 0) is 11.2 Å². The lowest BCUT2D eigenvalue weighted by Crippen LogP contribution is -2.22. The van der Waals surface area contributed by atoms with Crippen molar-refractivity contribution >= 4 is 5.91 Å². The minimum atomic E-state index is -0.514. The van der Waals surface area contributed by atoms with Crippen molar-refractivity contribution in [1.82, 2.24) is 0 Å². The topological polar surface area (TPSA) is 87.6 Å². The van der Waals surface area contributed by atoms with E-state index in [1.165, 1.54) is 0 Å². The maximum Gasteiger partial charge on any atom is 0.255 e. The SMILES string of the molecule is COc1ccc(CC(C)N)c(OCC(N)=O)c1. The predicted molar refractivity (Wildman–Crippen MR) is 65.0 cm³/mol. The van der Waals surface area contributed by atoms with Crippen molar-refractivity contribution in [3.05, 3.63) is 23.8 Å². The second-order valence-electron chi connectivity index (χ2n) is 3.91. The quantitative estimate of drug-likeness (QED) is 0.753. The summed E-state index contributed by atoms with van der Waals surface area (Å²) in [5, 5.41) is 0. The molecule has 0 spiro atoms. The molecule has 1 aromatic rings. The number of nitrogens with two attached hydrogens (primary N) is 2. The van der Waals surface area contributed by atoms with E-state index in [0.29, 0.717) is 17.9 Å². The van der Waals surface area contributed by atoms with E-state index in [9.17, 15) is 4.79 Å². The van der Waals surface area contributed by atoms with Gasteiger partial charge in [-0.25, -0.2) is 0 Å². The van der Waals surface area contributed by atoms with Crippen LogP contribution in [0.3, 0.4) is 0 Å². The molecular formula is C12H18N2O3. The molecule has 94 valence electrons. The number of benzene rings is 1. The Morgan fingerprint density at radius 3 is 2.71 bits per heavy atom. The van der Waals surface area contributed by atoms with E-state index in [2.05, 4.69) is 0 Å². The van der Waals surface area contributed by atoms with Crippen molar-refractivity contribution in [3.8, 4) is 11.5 Å². The summed E-state index contributed by atoms with van der Waals surface area (Å²) in [6, 6.07) is 5.44. The van der Waals surface area contributed by atoms with Gasteiger partial charge in [-0.15, -0.1) is 0 Å². The summed E-state index contributed by atoms with van der Waals surface area (Å²) in [4.78, 5) is 10.7. The molecule has 1 aromatic carbocycles. The Morgan fingerprint density at radius 1 is 1.47 bits per heavy atom. The third kappa shape index (κ3) is 4.32. The first-order valence-electron chi connectivity index (χ1n) is 5.36. The molecule has 0 fully saturated rings. The number of ether oxygens (including phenoxy) is 2. The van der Waals surface area contributed by atoms with Crippen molar-refractivity contribution in [2.45, 2.75) is 19.4 Å². The van der Waals surface area contributed by atoms with Gasteiger partial charge in [-0.05, 0) is 25.0 Å². The Hall–Kier alpha value is -1.75. The third-order valence-corrected chi connectivity index (χ3v) is 2.19. The number of amides is 1. The molecule has 1 rings (SSSR count). The summed E-state index contributed by atoms with van der Waals surface area (Å²) >= 11 is 0. The van der Waals surface area contributed by atoms with Gasteiger partial charge in [0.25, 0.3) is 5.91 Å². The largest absolute Gasteiger partial charge is 0.497 e. The molecule has 5 heteroatoms. The molecule has 0 saturated heterocycles. The summed E-state index contributed by atoms with van der Waals surface area (Å²) < 4.78 is 10.4. The fourth-order valence-corrected chi connectivity index (χ4v) is 1.46. The maximum absolute atomic E-state index is 10.7. The average molecular weight is 238 g/mol. The number of carbonyl (C=O) groups is 1.